The number of phenols is 2. The molecular formula is C25H26O6. The van der Waals surface area contributed by atoms with Crippen molar-refractivity contribution in [2.45, 2.75) is 51.3 Å². The molecule has 4 rings (SSSR count). The Labute approximate surface area is 181 Å². The topological polar surface area (TPSA) is 85.2 Å². The molecule has 1 aliphatic rings. The fraction of sp³-hybridized carbons (Fsp3) is 0.320. The normalized spacial score (nSPS) is 23.5. The quantitative estimate of drug-likeness (QED) is 0.584. The predicted octanol–water partition coefficient (Wildman–Crippen LogP) is 4.62. The molecule has 1 fully saturated rings. The zero-order valence-corrected chi connectivity index (χ0v) is 17.5. The van der Waals surface area contributed by atoms with E-state index in [1.165, 1.54) is 6.92 Å². The Morgan fingerprint density at radius 2 is 1.81 bits per heavy atom. The van der Waals surface area contributed by atoms with Crippen molar-refractivity contribution >= 4 is 16.7 Å². The Kier molecular flexibility index (Phi) is 6.11. The molecule has 6 nitrogen and oxygen atoms in total. The summed E-state index contributed by atoms with van der Waals surface area (Å²) in [5.74, 6) is -0.237. The van der Waals surface area contributed by atoms with Crippen LogP contribution in [0.2, 0.25) is 0 Å². The van der Waals surface area contributed by atoms with Crippen molar-refractivity contribution < 1.29 is 29.2 Å². The first-order valence-electron chi connectivity index (χ1n) is 10.4. The summed E-state index contributed by atoms with van der Waals surface area (Å²) < 4.78 is 17.9. The van der Waals surface area contributed by atoms with Crippen LogP contribution in [0.15, 0.2) is 60.7 Å². The van der Waals surface area contributed by atoms with E-state index in [9.17, 15) is 15.0 Å². The van der Waals surface area contributed by atoms with Gasteiger partial charge in [0.2, 0.25) is 0 Å². The minimum Gasteiger partial charge on any atom is -0.507 e. The molecule has 3 aromatic carbocycles. The number of fused-ring (bicyclic) bond motifs is 1. The molecule has 31 heavy (non-hydrogen) atoms. The molecule has 1 aliphatic heterocycles. The first-order chi connectivity index (χ1) is 14.9. The van der Waals surface area contributed by atoms with Crippen molar-refractivity contribution in [1.29, 1.82) is 0 Å². The zero-order chi connectivity index (χ0) is 22.0. The Balaban J connectivity index is 1.58. The van der Waals surface area contributed by atoms with Crippen LogP contribution in [-0.2, 0) is 25.6 Å². The molecule has 162 valence electrons. The van der Waals surface area contributed by atoms with Crippen molar-refractivity contribution in [2.24, 2.45) is 0 Å². The number of hydrogen-bond acceptors (Lipinski definition) is 6. The van der Waals surface area contributed by atoms with Crippen molar-refractivity contribution in [2.75, 3.05) is 0 Å². The molecule has 2 N–H and O–H groups in total. The van der Waals surface area contributed by atoms with Crippen LogP contribution in [0.5, 0.6) is 11.5 Å². The number of rotatable bonds is 5. The van der Waals surface area contributed by atoms with E-state index in [0.29, 0.717) is 29.4 Å². The van der Waals surface area contributed by atoms with Gasteiger partial charge in [0, 0.05) is 29.7 Å². The molecule has 1 unspecified atom stereocenters. The number of phenolic OH excluding ortho intramolecular Hbond substituents is 2. The van der Waals surface area contributed by atoms with Crippen LogP contribution in [0.1, 0.15) is 37.5 Å². The summed E-state index contributed by atoms with van der Waals surface area (Å²) in [5.41, 5.74) is 1.61. The monoisotopic (exact) mass is 422 g/mol. The average Bonchev–Trinajstić information content (AvgIpc) is 2.74. The minimum atomic E-state index is -0.519. The van der Waals surface area contributed by atoms with Crippen molar-refractivity contribution in [3.05, 3.63) is 71.8 Å². The molecule has 4 atom stereocenters. The summed E-state index contributed by atoms with van der Waals surface area (Å²) in [4.78, 5) is 11.8. The van der Waals surface area contributed by atoms with Gasteiger partial charge < -0.3 is 24.4 Å². The maximum Gasteiger partial charge on any atom is 0.302 e. The predicted molar refractivity (Wildman–Crippen MR) is 116 cm³/mol. The number of ether oxygens (including phenoxy) is 3. The smallest absolute Gasteiger partial charge is 0.302 e. The van der Waals surface area contributed by atoms with E-state index in [1.54, 1.807) is 30.3 Å². The van der Waals surface area contributed by atoms with E-state index in [2.05, 4.69) is 0 Å². The van der Waals surface area contributed by atoms with Crippen LogP contribution < -0.4 is 0 Å². The first kappa shape index (κ1) is 21.2. The van der Waals surface area contributed by atoms with Crippen LogP contribution in [0.25, 0.3) is 10.8 Å². The summed E-state index contributed by atoms with van der Waals surface area (Å²) in [7, 11) is 0. The molecule has 0 aromatic heterocycles. The SMILES string of the molecule is CC(=O)O[C@@H]1C[C@H](c2ccc3c(O)cccc3c2O)OC(C)[C@H]1OCc1ccccc1. The third kappa shape index (κ3) is 4.50. The van der Waals surface area contributed by atoms with Gasteiger partial charge in [-0.05, 0) is 18.6 Å². The highest BCUT2D eigenvalue weighted by Crippen LogP contribution is 2.42. The second-order valence-electron chi connectivity index (χ2n) is 7.85. The van der Waals surface area contributed by atoms with Crippen LogP contribution >= 0.6 is 0 Å². The van der Waals surface area contributed by atoms with Gasteiger partial charge in [-0.25, -0.2) is 0 Å². The Morgan fingerprint density at radius 3 is 2.55 bits per heavy atom. The zero-order valence-electron chi connectivity index (χ0n) is 17.5. The lowest BCUT2D eigenvalue weighted by molar-refractivity contribution is -0.204. The molecule has 1 heterocycles. The second-order valence-corrected chi connectivity index (χ2v) is 7.85. The summed E-state index contributed by atoms with van der Waals surface area (Å²) in [6.45, 7) is 3.63. The standard InChI is InChI=1S/C25H26O6/c1-15-25(29-14-17-7-4-3-5-8-17)23(31-16(2)26)13-22(30-15)20-12-11-18-19(24(20)28)9-6-10-21(18)27/h3-12,15,22-23,25,27-28H,13-14H2,1-2H3/t15?,22-,23-,25-/m1/s1. The third-order valence-electron chi connectivity index (χ3n) is 5.65. The van der Waals surface area contributed by atoms with Gasteiger partial charge in [-0.15, -0.1) is 0 Å². The molecule has 1 saturated heterocycles. The largest absolute Gasteiger partial charge is 0.507 e. The van der Waals surface area contributed by atoms with Crippen LogP contribution in [-0.4, -0.2) is 34.5 Å². The van der Waals surface area contributed by atoms with E-state index in [0.717, 1.165) is 5.56 Å². The Hall–Kier alpha value is -3.09. The van der Waals surface area contributed by atoms with Gasteiger partial charge >= 0.3 is 5.97 Å². The lowest BCUT2D eigenvalue weighted by atomic mass is 9.92. The van der Waals surface area contributed by atoms with Gasteiger partial charge in [0.1, 0.15) is 23.7 Å². The number of esters is 1. The fourth-order valence-electron chi connectivity index (χ4n) is 4.18. The van der Waals surface area contributed by atoms with E-state index < -0.39 is 18.3 Å². The maximum absolute atomic E-state index is 11.8. The van der Waals surface area contributed by atoms with Gasteiger partial charge in [0.05, 0.1) is 18.8 Å². The van der Waals surface area contributed by atoms with Crippen molar-refractivity contribution in [3.8, 4) is 11.5 Å². The molecule has 3 aromatic rings. The van der Waals surface area contributed by atoms with Gasteiger partial charge in [0.15, 0.2) is 0 Å². The number of hydrogen-bond donors (Lipinski definition) is 2. The van der Waals surface area contributed by atoms with E-state index in [-0.39, 0.29) is 23.6 Å². The van der Waals surface area contributed by atoms with Gasteiger partial charge in [-0.1, -0.05) is 54.6 Å². The minimum absolute atomic E-state index is 0.0517. The molecule has 0 radical (unpaired) electrons. The van der Waals surface area contributed by atoms with E-state index >= 15 is 0 Å². The third-order valence-corrected chi connectivity index (χ3v) is 5.65. The van der Waals surface area contributed by atoms with E-state index in [4.69, 9.17) is 14.2 Å². The van der Waals surface area contributed by atoms with Crippen LogP contribution in [0.3, 0.4) is 0 Å². The van der Waals surface area contributed by atoms with Crippen molar-refractivity contribution in [3.63, 3.8) is 0 Å². The number of benzene rings is 3. The summed E-state index contributed by atoms with van der Waals surface area (Å²) >= 11 is 0. The molecule has 0 amide bonds. The van der Waals surface area contributed by atoms with Gasteiger partial charge in [-0.3, -0.25) is 4.79 Å². The average molecular weight is 422 g/mol. The van der Waals surface area contributed by atoms with Gasteiger partial charge in [-0.2, -0.15) is 0 Å². The highest BCUT2D eigenvalue weighted by molar-refractivity contribution is 5.93. The molecule has 0 spiro atoms. The molecule has 0 aliphatic carbocycles. The molecule has 0 saturated carbocycles. The fourth-order valence-corrected chi connectivity index (χ4v) is 4.18. The molecular weight excluding hydrogens is 396 g/mol. The molecule has 0 bridgehead atoms. The second kappa shape index (κ2) is 8.96. The lowest BCUT2D eigenvalue weighted by Crippen LogP contribution is -2.47. The van der Waals surface area contributed by atoms with Crippen LogP contribution in [0.4, 0.5) is 0 Å². The number of carbonyl (C=O) groups is 1. The lowest BCUT2D eigenvalue weighted by Gasteiger charge is -2.40. The maximum atomic E-state index is 11.8. The number of carbonyl (C=O) groups excluding carboxylic acids is 1. The first-order valence-corrected chi connectivity index (χ1v) is 10.4. The highest BCUT2D eigenvalue weighted by atomic mass is 16.6. The summed E-state index contributed by atoms with van der Waals surface area (Å²) in [5, 5.41) is 22.0. The van der Waals surface area contributed by atoms with Crippen molar-refractivity contribution in [1.82, 2.24) is 0 Å². The number of aromatic hydroxyl groups is 2. The highest BCUT2D eigenvalue weighted by Gasteiger charge is 2.40. The Bertz CT molecular complexity index is 1060. The van der Waals surface area contributed by atoms with Crippen LogP contribution in [0, 0.1) is 0 Å². The molecule has 6 heteroatoms. The van der Waals surface area contributed by atoms with Gasteiger partial charge in [0.25, 0.3) is 0 Å². The van der Waals surface area contributed by atoms with E-state index in [1.807, 2.05) is 37.3 Å². The summed E-state index contributed by atoms with van der Waals surface area (Å²) in [6.07, 6.45) is -1.46. The Morgan fingerprint density at radius 1 is 1.03 bits per heavy atom. The summed E-state index contributed by atoms with van der Waals surface area (Å²) in [6, 6.07) is 18.3.